The van der Waals surface area contributed by atoms with Crippen molar-refractivity contribution in [1.82, 2.24) is 58.5 Å². The summed E-state index contributed by atoms with van der Waals surface area (Å²) in [6.45, 7) is 9.11. The van der Waals surface area contributed by atoms with Crippen LogP contribution in [0.4, 0.5) is 0 Å². The number of benzene rings is 3. The third kappa shape index (κ3) is 30.3. The van der Waals surface area contributed by atoms with Crippen LogP contribution in [0.2, 0.25) is 0 Å². The lowest BCUT2D eigenvalue weighted by molar-refractivity contribution is -0.142. The topological polar surface area (TPSA) is 513 Å². The summed E-state index contributed by atoms with van der Waals surface area (Å²) < 4.78 is 0. The molecule has 0 saturated heterocycles. The Balaban J connectivity index is 1.98. The molecular weight excluding hydrogens is 1260 g/mol. The maximum Gasteiger partial charge on any atom is 0.325 e. The second kappa shape index (κ2) is 42.6. The van der Waals surface area contributed by atoms with Crippen LogP contribution in [0.25, 0.3) is 0 Å². The Labute approximate surface area is 563 Å². The third-order valence-corrected chi connectivity index (χ3v) is 15.6. The van der Waals surface area contributed by atoms with Gasteiger partial charge in [-0.05, 0) is 131 Å². The number of nitrogens with two attached hydrogens (primary N) is 3. The molecule has 0 aliphatic heterocycles. The van der Waals surface area contributed by atoms with E-state index in [0.717, 1.165) is 6.92 Å². The SMILES string of the molecule is CC[C@H](C)[C@H](NC(=O)[C@H](C)NC(=O)[C@H](Cc1ccc(O)cc1)NC(=O)[C@H](CCCCN)NC(=O)[C@H](CC(C)C)NC(=O)[C@H](CCCCN)NC(=O)CNC(=O)CN)C(=O)N[C@@H](Cc1ccc(O)cc1)C(=O)N[C@@H](Cc1ccccc1)C(=O)N[C@@H](CCC(=O)O)C(=O)N[C@@H](C)C(=O)O. The van der Waals surface area contributed by atoms with Gasteiger partial charge in [-0.25, -0.2) is 0 Å². The lowest BCUT2D eigenvalue weighted by Gasteiger charge is -2.29. The summed E-state index contributed by atoms with van der Waals surface area (Å²) in [4.78, 5) is 176. The van der Waals surface area contributed by atoms with Crippen LogP contribution in [0, 0.1) is 11.8 Å². The minimum Gasteiger partial charge on any atom is -0.508 e. The van der Waals surface area contributed by atoms with E-state index >= 15 is 0 Å². The molecule has 0 aliphatic carbocycles. The Morgan fingerprint density at radius 2 is 0.804 bits per heavy atom. The number of unbranched alkanes of at least 4 members (excludes halogenated alkanes) is 2. The molecule has 0 bridgehead atoms. The van der Waals surface area contributed by atoms with Crippen LogP contribution < -0.4 is 75.7 Å². The van der Waals surface area contributed by atoms with Crippen LogP contribution in [-0.4, -0.2) is 184 Å². The molecule has 0 unspecified atom stereocenters. The number of carbonyl (C=O) groups is 13. The quantitative estimate of drug-likeness (QED) is 0.0283. The average Bonchev–Trinajstić information content (AvgIpc) is 0.973. The molecule has 11 amide bonds. The van der Waals surface area contributed by atoms with Crippen molar-refractivity contribution in [3.63, 3.8) is 0 Å². The smallest absolute Gasteiger partial charge is 0.325 e. The minimum atomic E-state index is -1.58. The summed E-state index contributed by atoms with van der Waals surface area (Å²) >= 11 is 0. The van der Waals surface area contributed by atoms with Crippen molar-refractivity contribution in [2.45, 2.75) is 185 Å². The summed E-state index contributed by atoms with van der Waals surface area (Å²) in [5, 5.41) is 67.5. The zero-order valence-corrected chi connectivity index (χ0v) is 55.8. The largest absolute Gasteiger partial charge is 0.508 e. The van der Waals surface area contributed by atoms with Gasteiger partial charge in [0, 0.05) is 25.7 Å². The molecule has 0 spiro atoms. The van der Waals surface area contributed by atoms with E-state index in [1.165, 1.54) is 55.5 Å². The standard InChI is InChI=1S/C66H98N14O17/c1-7-38(4)56(65(95)79-52(34-43-21-25-45(82)26-22-43)64(94)78-51(32-41-15-9-8-10-16-41)63(93)75-48(27-28-55(85)86)58(88)72-40(6)66(96)97)80-57(87)39(5)71-61(91)50(33-42-19-23-44(81)24-20-42)77-60(90)47(18-12-14-30-68)74-62(92)49(31-37(2)3)76-59(89)46(17-11-13-29-67)73-54(84)36-70-53(83)35-69/h8-10,15-16,19-26,37-40,46-52,56,81-82H,7,11-14,17-18,27-36,67-69H2,1-6H3,(H,70,83)(H,71,91)(H,72,88)(H,73,84)(H,74,92)(H,75,93)(H,76,89)(H,77,90)(H,78,94)(H,79,95)(H,80,87)(H,85,86)(H,96,97)/t38-,39-,40-,46-,47-,48-,49-,50-,51-,52-,56-/m0/s1. The lowest BCUT2D eigenvalue weighted by Crippen LogP contribution is -2.61. The molecule has 3 aromatic rings. The van der Waals surface area contributed by atoms with Gasteiger partial charge in [0.05, 0.1) is 13.1 Å². The monoisotopic (exact) mass is 1360 g/mol. The van der Waals surface area contributed by atoms with Gasteiger partial charge in [-0.3, -0.25) is 62.3 Å². The molecule has 0 aromatic heterocycles. The van der Waals surface area contributed by atoms with Crippen molar-refractivity contribution in [3.8, 4) is 11.5 Å². The van der Waals surface area contributed by atoms with Gasteiger partial charge in [-0.2, -0.15) is 0 Å². The highest BCUT2D eigenvalue weighted by atomic mass is 16.4. The van der Waals surface area contributed by atoms with Gasteiger partial charge in [0.25, 0.3) is 0 Å². The Morgan fingerprint density at radius 3 is 1.25 bits per heavy atom. The van der Waals surface area contributed by atoms with Crippen LogP contribution in [0.3, 0.4) is 0 Å². The summed E-state index contributed by atoms with van der Waals surface area (Å²) in [6.07, 6.45) is 0.344. The summed E-state index contributed by atoms with van der Waals surface area (Å²) in [5.41, 5.74) is 18.2. The molecule has 0 saturated carbocycles. The van der Waals surface area contributed by atoms with Crippen LogP contribution in [0.5, 0.6) is 11.5 Å². The Kier molecular flexibility index (Phi) is 35.8. The molecule has 0 fully saturated rings. The predicted octanol–water partition coefficient (Wildman–Crippen LogP) is -1.61. The van der Waals surface area contributed by atoms with Crippen LogP contribution >= 0.6 is 0 Å². The summed E-state index contributed by atoms with van der Waals surface area (Å²) in [7, 11) is 0. The zero-order valence-electron chi connectivity index (χ0n) is 55.8. The maximum absolute atomic E-state index is 14.7. The molecule has 3 aromatic carbocycles. The van der Waals surface area contributed by atoms with Crippen molar-refractivity contribution in [2.75, 3.05) is 26.2 Å². The number of hydrogen-bond donors (Lipinski definition) is 18. The van der Waals surface area contributed by atoms with Gasteiger partial charge in [0.15, 0.2) is 0 Å². The van der Waals surface area contributed by atoms with E-state index in [4.69, 9.17) is 17.2 Å². The second-order valence-electron chi connectivity index (χ2n) is 24.2. The molecule has 11 atom stereocenters. The van der Waals surface area contributed by atoms with Crippen LogP contribution in [-0.2, 0) is 81.6 Å². The fourth-order valence-corrected chi connectivity index (χ4v) is 9.83. The van der Waals surface area contributed by atoms with E-state index in [1.807, 2.05) is 0 Å². The van der Waals surface area contributed by atoms with Crippen LogP contribution in [0.1, 0.15) is 122 Å². The molecule has 31 nitrogen and oxygen atoms in total. The first-order valence-corrected chi connectivity index (χ1v) is 32.4. The highest BCUT2D eigenvalue weighted by Gasteiger charge is 2.37. The number of rotatable bonds is 44. The first kappa shape index (κ1) is 81.5. The highest BCUT2D eigenvalue weighted by Crippen LogP contribution is 2.17. The minimum absolute atomic E-state index is 0.00357. The average molecular weight is 1360 g/mol. The third-order valence-electron chi connectivity index (χ3n) is 15.6. The van der Waals surface area contributed by atoms with Gasteiger partial charge in [-0.15, -0.1) is 0 Å². The fourth-order valence-electron chi connectivity index (χ4n) is 9.83. The molecule has 3 rings (SSSR count). The zero-order chi connectivity index (χ0) is 72.3. The predicted molar refractivity (Wildman–Crippen MR) is 356 cm³/mol. The van der Waals surface area contributed by atoms with E-state index in [1.54, 1.807) is 58.0 Å². The molecule has 0 aliphatic rings. The van der Waals surface area contributed by atoms with Crippen molar-refractivity contribution in [1.29, 1.82) is 0 Å². The van der Waals surface area contributed by atoms with Crippen LogP contribution in [0.15, 0.2) is 78.9 Å². The molecule has 534 valence electrons. The van der Waals surface area contributed by atoms with Gasteiger partial charge in [-0.1, -0.05) is 88.7 Å². The van der Waals surface area contributed by atoms with Crippen molar-refractivity contribution >= 4 is 76.9 Å². The van der Waals surface area contributed by atoms with Gasteiger partial charge in [0.2, 0.25) is 65.0 Å². The van der Waals surface area contributed by atoms with Gasteiger partial charge in [0.1, 0.15) is 71.9 Å². The number of aliphatic carboxylic acids is 2. The highest BCUT2D eigenvalue weighted by molar-refractivity contribution is 5.99. The van der Waals surface area contributed by atoms with E-state index in [9.17, 15) is 82.8 Å². The Morgan fingerprint density at radius 1 is 0.412 bits per heavy atom. The molecule has 21 N–H and O–H groups in total. The molecule has 97 heavy (non-hydrogen) atoms. The Bertz CT molecular complexity index is 3100. The normalized spacial score (nSPS) is 14.5. The second-order valence-corrected chi connectivity index (χ2v) is 24.2. The molecule has 0 heterocycles. The number of amides is 11. The number of phenols is 2. The maximum atomic E-state index is 14.7. The van der Waals surface area contributed by atoms with Gasteiger partial charge >= 0.3 is 11.9 Å². The summed E-state index contributed by atoms with van der Waals surface area (Å²) in [5.74, 6) is -13.1. The first-order valence-electron chi connectivity index (χ1n) is 32.4. The number of hydrogen-bond acceptors (Lipinski definition) is 18. The molecular formula is C66H98N14O17. The number of carboxylic acid groups (broad SMARTS) is 2. The Hall–Kier alpha value is -9.75. The van der Waals surface area contributed by atoms with Crippen molar-refractivity contribution < 1.29 is 82.8 Å². The number of carboxylic acids is 2. The van der Waals surface area contributed by atoms with E-state index in [-0.39, 0.29) is 75.5 Å². The number of aromatic hydroxyl groups is 2. The molecule has 31 heteroatoms. The number of carbonyl (C=O) groups excluding carboxylic acids is 11. The lowest BCUT2D eigenvalue weighted by atomic mass is 9.96. The fraction of sp³-hybridized carbons (Fsp3) is 0.530. The van der Waals surface area contributed by atoms with E-state index in [2.05, 4.69) is 58.5 Å². The van der Waals surface area contributed by atoms with Gasteiger partial charge < -0.3 is 96.1 Å². The number of phenolic OH excluding ortho intramolecular Hbond substituents is 2. The summed E-state index contributed by atoms with van der Waals surface area (Å²) in [6, 6.07) is 5.49. The first-order chi connectivity index (χ1) is 46.0. The van der Waals surface area contributed by atoms with E-state index in [0.29, 0.717) is 48.9 Å². The number of nitrogens with one attached hydrogen (secondary N) is 11. The van der Waals surface area contributed by atoms with E-state index < -0.39 is 163 Å². The van der Waals surface area contributed by atoms with Crippen molar-refractivity contribution in [3.05, 3.63) is 95.6 Å². The van der Waals surface area contributed by atoms with Crippen molar-refractivity contribution in [2.24, 2.45) is 29.0 Å². The molecule has 0 radical (unpaired) electrons.